The first-order valence-corrected chi connectivity index (χ1v) is 11.7. The van der Waals surface area contributed by atoms with Crippen molar-refractivity contribution in [2.75, 3.05) is 17.0 Å². The lowest BCUT2D eigenvalue weighted by molar-refractivity contribution is 0.0954. The average molecular weight is 455 g/mol. The number of hydrogen-bond donors (Lipinski definition) is 2. The molecule has 4 aromatic heterocycles. The Balaban J connectivity index is 1.46. The third kappa shape index (κ3) is 4.33. The molecular formula is C21H22N6O4S. The van der Waals surface area contributed by atoms with Gasteiger partial charge in [0.2, 0.25) is 15.5 Å². The highest BCUT2D eigenvalue weighted by Crippen LogP contribution is 2.13. The molecule has 4 heterocycles. The Kier molecular flexibility index (Phi) is 5.66. The molecule has 11 heteroatoms. The smallest absolute Gasteiger partial charge is 0.256 e. The lowest BCUT2D eigenvalue weighted by Crippen LogP contribution is -2.34. The van der Waals surface area contributed by atoms with Crippen molar-refractivity contribution in [3.05, 3.63) is 70.4 Å². The van der Waals surface area contributed by atoms with Gasteiger partial charge in [-0.3, -0.25) is 14.3 Å². The second-order valence-corrected chi connectivity index (χ2v) is 9.12. The largest absolute Gasteiger partial charge is 0.351 e. The molecule has 166 valence electrons. The monoisotopic (exact) mass is 454 g/mol. The van der Waals surface area contributed by atoms with E-state index < -0.39 is 21.4 Å². The number of nitrogens with zero attached hydrogens (tertiary/aromatic N) is 4. The first kappa shape index (κ1) is 21.5. The summed E-state index contributed by atoms with van der Waals surface area (Å²) in [5, 5.41) is 6.93. The lowest BCUT2D eigenvalue weighted by Gasteiger charge is -2.12. The summed E-state index contributed by atoms with van der Waals surface area (Å²) in [6, 6.07) is 8.36. The van der Waals surface area contributed by atoms with Crippen LogP contribution in [0.2, 0.25) is 0 Å². The molecule has 0 bridgehead atoms. The summed E-state index contributed by atoms with van der Waals surface area (Å²) in [6.45, 7) is 4.08. The topological polar surface area (TPSA) is 127 Å². The minimum atomic E-state index is -3.71. The number of carbonyl (C=O) groups excluding carboxylic acids is 1. The number of rotatable bonds is 7. The molecule has 4 aromatic rings. The first-order chi connectivity index (χ1) is 15.3. The van der Waals surface area contributed by atoms with E-state index in [1.807, 2.05) is 13.8 Å². The predicted molar refractivity (Wildman–Crippen MR) is 121 cm³/mol. The third-order valence-electron chi connectivity index (χ3n) is 4.98. The number of aromatic nitrogens is 4. The fourth-order valence-electron chi connectivity index (χ4n) is 3.37. The minimum absolute atomic E-state index is 0.0541. The van der Waals surface area contributed by atoms with Crippen molar-refractivity contribution in [1.82, 2.24) is 24.5 Å². The molecule has 1 amide bonds. The molecule has 4 rings (SSSR count). The molecule has 0 aliphatic rings. The maximum Gasteiger partial charge on any atom is 0.256 e. The molecule has 0 saturated heterocycles. The second-order valence-electron chi connectivity index (χ2n) is 7.27. The van der Waals surface area contributed by atoms with Crippen LogP contribution in [0.1, 0.15) is 23.0 Å². The van der Waals surface area contributed by atoms with Crippen molar-refractivity contribution < 1.29 is 13.2 Å². The Labute approximate surface area is 183 Å². The Morgan fingerprint density at radius 1 is 1.19 bits per heavy atom. The highest BCUT2D eigenvalue weighted by Gasteiger charge is 2.17. The van der Waals surface area contributed by atoms with Gasteiger partial charge in [-0.2, -0.15) is 5.10 Å². The summed E-state index contributed by atoms with van der Waals surface area (Å²) in [6.07, 6.45) is 4.71. The first-order valence-electron chi connectivity index (χ1n) is 10.0. The van der Waals surface area contributed by atoms with Crippen molar-refractivity contribution in [3.8, 4) is 0 Å². The number of carbonyl (C=O) groups is 1. The average Bonchev–Trinajstić information content (AvgIpc) is 3.21. The van der Waals surface area contributed by atoms with Crippen LogP contribution >= 0.6 is 0 Å². The predicted octanol–water partition coefficient (Wildman–Crippen LogP) is 1.54. The molecule has 0 fully saturated rings. The second kappa shape index (κ2) is 8.42. The summed E-state index contributed by atoms with van der Waals surface area (Å²) in [7, 11) is -3.71. The Morgan fingerprint density at radius 3 is 2.78 bits per heavy atom. The molecule has 0 saturated carbocycles. The van der Waals surface area contributed by atoms with Gasteiger partial charge in [-0.05, 0) is 44.2 Å². The third-order valence-corrected chi connectivity index (χ3v) is 6.26. The molecule has 10 nitrogen and oxygen atoms in total. The van der Waals surface area contributed by atoms with Gasteiger partial charge in [0.25, 0.3) is 5.91 Å². The quantitative estimate of drug-likeness (QED) is 0.436. The lowest BCUT2D eigenvalue weighted by atomic mass is 10.1. The van der Waals surface area contributed by atoms with Crippen LogP contribution in [-0.2, 0) is 16.6 Å². The maximum atomic E-state index is 12.8. The number of hydrogen-bond acceptors (Lipinski definition) is 6. The van der Waals surface area contributed by atoms with Crippen molar-refractivity contribution in [2.45, 2.75) is 20.4 Å². The van der Waals surface area contributed by atoms with E-state index in [-0.39, 0.29) is 17.9 Å². The summed E-state index contributed by atoms with van der Waals surface area (Å²) < 4.78 is 30.6. The highest BCUT2D eigenvalue weighted by atomic mass is 32.2. The zero-order valence-electron chi connectivity index (χ0n) is 17.6. The summed E-state index contributed by atoms with van der Waals surface area (Å²) >= 11 is 0. The van der Waals surface area contributed by atoms with Crippen molar-refractivity contribution >= 4 is 38.2 Å². The van der Waals surface area contributed by atoms with Gasteiger partial charge in [0.1, 0.15) is 11.2 Å². The van der Waals surface area contributed by atoms with Crippen molar-refractivity contribution in [2.24, 2.45) is 0 Å². The van der Waals surface area contributed by atoms with E-state index in [0.29, 0.717) is 23.3 Å². The zero-order valence-corrected chi connectivity index (χ0v) is 18.4. The van der Waals surface area contributed by atoms with Gasteiger partial charge in [0.05, 0.1) is 22.3 Å². The van der Waals surface area contributed by atoms with Gasteiger partial charge >= 0.3 is 0 Å². The molecule has 0 unspecified atom stereocenters. The standard InChI is InChI=1S/C21H22N6O4S/c1-3-26-13-18(19(28)17-5-4-14(2)24-20(17)26)21(29)22-9-11-32(30,31)25-15-7-10-27-16(12-15)6-8-23-27/h4-8,10,12-13,25H,3,9,11H2,1-2H3,(H,22,29). The number of nitrogens with one attached hydrogen (secondary N) is 2. The van der Waals surface area contributed by atoms with Gasteiger partial charge in [0, 0.05) is 37.4 Å². The van der Waals surface area contributed by atoms with Gasteiger partial charge in [0.15, 0.2) is 0 Å². The van der Waals surface area contributed by atoms with E-state index in [2.05, 4.69) is 20.1 Å². The van der Waals surface area contributed by atoms with E-state index in [1.54, 1.807) is 51.8 Å². The molecule has 0 aliphatic heterocycles. The molecule has 0 radical (unpaired) electrons. The van der Waals surface area contributed by atoms with E-state index in [1.165, 1.54) is 6.20 Å². The van der Waals surface area contributed by atoms with Gasteiger partial charge in [-0.15, -0.1) is 0 Å². The molecule has 0 atom stereocenters. The SMILES string of the molecule is CCn1cc(C(=O)NCCS(=O)(=O)Nc2ccn3nccc3c2)c(=O)c2ccc(C)nc21. The molecule has 0 aromatic carbocycles. The summed E-state index contributed by atoms with van der Waals surface area (Å²) in [5.74, 6) is -0.977. The Morgan fingerprint density at radius 2 is 2.00 bits per heavy atom. The van der Waals surface area contributed by atoms with Crippen molar-refractivity contribution in [3.63, 3.8) is 0 Å². The van der Waals surface area contributed by atoms with E-state index in [0.717, 1.165) is 11.2 Å². The minimum Gasteiger partial charge on any atom is -0.351 e. The van der Waals surface area contributed by atoms with Crippen LogP contribution in [0.3, 0.4) is 0 Å². The van der Waals surface area contributed by atoms with Gasteiger partial charge < -0.3 is 9.88 Å². The van der Waals surface area contributed by atoms with E-state index in [4.69, 9.17) is 0 Å². The molecule has 2 N–H and O–H groups in total. The van der Waals surface area contributed by atoms with Gasteiger partial charge in [-0.1, -0.05) is 0 Å². The van der Waals surface area contributed by atoms with Crippen LogP contribution in [0, 0.1) is 6.92 Å². The van der Waals surface area contributed by atoms with Crippen LogP contribution in [0.4, 0.5) is 5.69 Å². The maximum absolute atomic E-state index is 12.8. The van der Waals surface area contributed by atoms with E-state index >= 15 is 0 Å². The molecule has 0 spiro atoms. The zero-order chi connectivity index (χ0) is 22.9. The molecule has 32 heavy (non-hydrogen) atoms. The van der Waals surface area contributed by atoms with Crippen LogP contribution in [0.5, 0.6) is 0 Å². The number of sulfonamides is 1. The normalized spacial score (nSPS) is 11.7. The fourth-order valence-corrected chi connectivity index (χ4v) is 4.33. The number of anilines is 1. The Bertz CT molecular complexity index is 1490. The Hall–Kier alpha value is -3.73. The number of amides is 1. The number of pyridine rings is 3. The van der Waals surface area contributed by atoms with Crippen LogP contribution in [0.15, 0.2) is 53.7 Å². The fraction of sp³-hybridized carbons (Fsp3) is 0.238. The van der Waals surface area contributed by atoms with Crippen molar-refractivity contribution in [1.29, 1.82) is 0 Å². The van der Waals surface area contributed by atoms with Crippen LogP contribution in [0.25, 0.3) is 16.6 Å². The van der Waals surface area contributed by atoms with Crippen LogP contribution in [-0.4, -0.2) is 45.8 Å². The number of aryl methyl sites for hydroxylation is 2. The molecule has 0 aliphatic carbocycles. The number of fused-ring (bicyclic) bond motifs is 2. The molecular weight excluding hydrogens is 432 g/mol. The summed E-state index contributed by atoms with van der Waals surface area (Å²) in [5.41, 5.74) is 1.92. The highest BCUT2D eigenvalue weighted by molar-refractivity contribution is 7.92. The summed E-state index contributed by atoms with van der Waals surface area (Å²) in [4.78, 5) is 29.8. The van der Waals surface area contributed by atoms with E-state index in [9.17, 15) is 18.0 Å². The van der Waals surface area contributed by atoms with Gasteiger partial charge in [-0.25, -0.2) is 17.9 Å². The van der Waals surface area contributed by atoms with Crippen LogP contribution < -0.4 is 15.5 Å².